The molecule has 0 atom stereocenters. The summed E-state index contributed by atoms with van der Waals surface area (Å²) in [5, 5.41) is 16.0. The zero-order valence-corrected chi connectivity index (χ0v) is 19.7. The molecule has 0 aromatic heterocycles. The second-order valence-electron chi connectivity index (χ2n) is 7.84. The minimum Gasteiger partial charge on any atom is -0.396 e. The van der Waals surface area contributed by atoms with Crippen LogP contribution in [0.5, 0.6) is 0 Å². The van der Waals surface area contributed by atoms with Crippen molar-refractivity contribution in [3.05, 3.63) is 0 Å². The maximum Gasteiger partial charge on any atom is 0.209 e. The molecular formula is C17H37IN4O3S. The fraction of sp³-hybridized carbons (Fsp3) is 0.941. The van der Waals surface area contributed by atoms with Crippen molar-refractivity contribution in [1.29, 1.82) is 0 Å². The molecule has 0 amide bonds. The molecule has 156 valence electrons. The van der Waals surface area contributed by atoms with Gasteiger partial charge in [0, 0.05) is 25.2 Å². The van der Waals surface area contributed by atoms with E-state index in [0.29, 0.717) is 12.5 Å². The summed E-state index contributed by atoms with van der Waals surface area (Å²) >= 11 is 0. The van der Waals surface area contributed by atoms with Gasteiger partial charge in [-0.2, -0.15) is 0 Å². The van der Waals surface area contributed by atoms with Crippen molar-refractivity contribution in [3.63, 3.8) is 0 Å². The molecule has 0 heterocycles. The van der Waals surface area contributed by atoms with E-state index in [1.807, 2.05) is 20.8 Å². The van der Waals surface area contributed by atoms with Crippen molar-refractivity contribution in [2.45, 2.75) is 64.8 Å². The van der Waals surface area contributed by atoms with E-state index in [2.05, 4.69) is 20.3 Å². The van der Waals surface area contributed by atoms with Gasteiger partial charge in [-0.25, -0.2) is 13.1 Å². The van der Waals surface area contributed by atoms with Crippen LogP contribution in [-0.2, 0) is 10.0 Å². The molecule has 0 aromatic carbocycles. The maximum atomic E-state index is 11.4. The van der Waals surface area contributed by atoms with E-state index in [0.717, 1.165) is 38.6 Å². The van der Waals surface area contributed by atoms with Crippen LogP contribution in [-0.4, -0.2) is 57.5 Å². The first-order valence-electron chi connectivity index (χ1n) is 9.23. The summed E-state index contributed by atoms with van der Waals surface area (Å²) < 4.78 is 25.5. The quantitative estimate of drug-likeness (QED) is 0.218. The molecule has 0 radical (unpaired) electrons. The van der Waals surface area contributed by atoms with E-state index in [-0.39, 0.29) is 36.0 Å². The van der Waals surface area contributed by atoms with Crippen molar-refractivity contribution in [1.82, 2.24) is 15.4 Å². The van der Waals surface area contributed by atoms with Crippen molar-refractivity contribution >= 4 is 40.0 Å². The summed E-state index contributed by atoms with van der Waals surface area (Å²) in [6.45, 7) is 7.69. The van der Waals surface area contributed by atoms with Crippen LogP contribution in [0.3, 0.4) is 0 Å². The third-order valence-corrected chi connectivity index (χ3v) is 5.55. The van der Waals surface area contributed by atoms with Gasteiger partial charge >= 0.3 is 0 Å². The first-order chi connectivity index (χ1) is 11.6. The number of sulfonamides is 1. The van der Waals surface area contributed by atoms with Gasteiger partial charge in [0.2, 0.25) is 10.0 Å². The summed E-state index contributed by atoms with van der Waals surface area (Å²) in [4.78, 5) is 4.55. The number of aliphatic imine (C=N–C) groups is 1. The van der Waals surface area contributed by atoms with Gasteiger partial charge in [0.1, 0.15) is 0 Å². The summed E-state index contributed by atoms with van der Waals surface area (Å²) in [6.07, 6.45) is 7.90. The van der Waals surface area contributed by atoms with E-state index < -0.39 is 15.6 Å². The molecule has 0 bridgehead atoms. The molecule has 0 saturated heterocycles. The topological polar surface area (TPSA) is 103 Å². The zero-order chi connectivity index (χ0) is 19.0. The fourth-order valence-corrected chi connectivity index (χ4v) is 4.55. The van der Waals surface area contributed by atoms with Gasteiger partial charge in [0.25, 0.3) is 0 Å². The Morgan fingerprint density at radius 1 is 1.19 bits per heavy atom. The molecule has 0 aromatic rings. The van der Waals surface area contributed by atoms with E-state index in [9.17, 15) is 13.5 Å². The molecule has 9 heteroatoms. The van der Waals surface area contributed by atoms with Crippen molar-refractivity contribution in [3.8, 4) is 0 Å². The number of nitrogens with zero attached hydrogens (tertiary/aromatic N) is 1. The Morgan fingerprint density at radius 2 is 1.81 bits per heavy atom. The van der Waals surface area contributed by atoms with Crippen molar-refractivity contribution in [2.75, 3.05) is 32.5 Å². The van der Waals surface area contributed by atoms with Gasteiger partial charge in [-0.1, -0.05) is 19.3 Å². The normalized spacial score (nSPS) is 18.1. The van der Waals surface area contributed by atoms with Gasteiger partial charge in [-0.05, 0) is 45.4 Å². The van der Waals surface area contributed by atoms with Crippen LogP contribution in [0, 0.1) is 5.41 Å². The number of aliphatic hydroxyl groups excluding tert-OH is 1. The minimum atomic E-state index is -3.28. The highest BCUT2D eigenvalue weighted by atomic mass is 127. The monoisotopic (exact) mass is 504 g/mol. The standard InChI is InChI=1S/C17H36N4O3S.HI/c1-5-18-15(19-13-16(2,3)21-25(4,23)24)20-14-17(11-12-22)9-7-6-8-10-17;/h21-22H,5-14H2,1-4H3,(H2,18,19,20);1H. The molecule has 0 aliphatic heterocycles. The Bertz CT molecular complexity index is 527. The largest absolute Gasteiger partial charge is 0.396 e. The summed E-state index contributed by atoms with van der Waals surface area (Å²) in [5.74, 6) is 0.689. The van der Waals surface area contributed by atoms with Crippen LogP contribution in [0.4, 0.5) is 0 Å². The number of nitrogens with one attached hydrogen (secondary N) is 3. The molecule has 0 unspecified atom stereocenters. The Kier molecular flexibility index (Phi) is 11.6. The Labute approximate surface area is 176 Å². The molecule has 1 fully saturated rings. The average Bonchev–Trinajstić information content (AvgIpc) is 2.49. The van der Waals surface area contributed by atoms with Gasteiger partial charge < -0.3 is 15.7 Å². The molecule has 4 N–H and O–H groups in total. The minimum absolute atomic E-state index is 0. The first kappa shape index (κ1) is 25.9. The number of rotatable bonds is 9. The zero-order valence-electron chi connectivity index (χ0n) is 16.6. The second-order valence-corrected chi connectivity index (χ2v) is 9.59. The lowest BCUT2D eigenvalue weighted by molar-refractivity contribution is 0.131. The van der Waals surface area contributed by atoms with Crippen molar-refractivity contribution < 1.29 is 13.5 Å². The molecule has 7 nitrogen and oxygen atoms in total. The first-order valence-corrected chi connectivity index (χ1v) is 11.1. The molecule has 1 rings (SSSR count). The Hall–Kier alpha value is -0.130. The van der Waals surface area contributed by atoms with Gasteiger partial charge in [0.05, 0.1) is 12.8 Å². The number of halogens is 1. The lowest BCUT2D eigenvalue weighted by atomic mass is 9.72. The Balaban J connectivity index is 0.00000625. The average molecular weight is 504 g/mol. The highest BCUT2D eigenvalue weighted by Gasteiger charge is 2.31. The molecule has 1 aliphatic carbocycles. The fourth-order valence-electron chi connectivity index (χ4n) is 3.48. The van der Waals surface area contributed by atoms with Crippen LogP contribution < -0.4 is 15.4 Å². The lowest BCUT2D eigenvalue weighted by Gasteiger charge is -2.37. The van der Waals surface area contributed by atoms with E-state index in [4.69, 9.17) is 0 Å². The predicted octanol–water partition coefficient (Wildman–Crippen LogP) is 1.82. The number of hydrogen-bond acceptors (Lipinski definition) is 4. The van der Waals surface area contributed by atoms with Crippen LogP contribution in [0.15, 0.2) is 4.99 Å². The molecule has 1 aliphatic rings. The summed E-state index contributed by atoms with van der Waals surface area (Å²) in [6, 6.07) is 0. The van der Waals surface area contributed by atoms with Crippen LogP contribution in [0.2, 0.25) is 0 Å². The number of hydrogen-bond donors (Lipinski definition) is 4. The number of guanidine groups is 1. The third kappa shape index (κ3) is 10.3. The smallest absolute Gasteiger partial charge is 0.209 e. The summed E-state index contributed by atoms with van der Waals surface area (Å²) in [7, 11) is -3.28. The second kappa shape index (κ2) is 11.7. The molecule has 26 heavy (non-hydrogen) atoms. The van der Waals surface area contributed by atoms with E-state index >= 15 is 0 Å². The summed E-state index contributed by atoms with van der Waals surface area (Å²) in [5.41, 5.74) is -0.521. The highest BCUT2D eigenvalue weighted by Crippen LogP contribution is 2.38. The van der Waals surface area contributed by atoms with Gasteiger partial charge in [0.15, 0.2) is 5.96 Å². The van der Waals surface area contributed by atoms with Crippen LogP contribution >= 0.6 is 24.0 Å². The number of aliphatic hydroxyl groups is 1. The highest BCUT2D eigenvalue weighted by molar-refractivity contribution is 14.0. The van der Waals surface area contributed by atoms with E-state index in [1.165, 1.54) is 19.3 Å². The van der Waals surface area contributed by atoms with Gasteiger partial charge in [-0.3, -0.25) is 4.99 Å². The van der Waals surface area contributed by atoms with Gasteiger partial charge in [-0.15, -0.1) is 24.0 Å². The SMILES string of the molecule is CCNC(=NCC(C)(C)NS(C)(=O)=O)NCC1(CCO)CCCCC1.I. The Morgan fingerprint density at radius 3 is 2.31 bits per heavy atom. The predicted molar refractivity (Wildman–Crippen MR) is 119 cm³/mol. The third-order valence-electron chi connectivity index (χ3n) is 4.63. The molecular weight excluding hydrogens is 467 g/mol. The molecule has 1 saturated carbocycles. The van der Waals surface area contributed by atoms with Crippen molar-refractivity contribution in [2.24, 2.45) is 10.4 Å². The lowest BCUT2D eigenvalue weighted by Crippen LogP contribution is -2.48. The van der Waals surface area contributed by atoms with Crippen LogP contribution in [0.25, 0.3) is 0 Å². The molecule has 0 spiro atoms. The van der Waals surface area contributed by atoms with Crippen LogP contribution in [0.1, 0.15) is 59.3 Å². The van der Waals surface area contributed by atoms with E-state index in [1.54, 1.807) is 0 Å². The maximum absolute atomic E-state index is 11.4.